The van der Waals surface area contributed by atoms with Crippen LogP contribution in [0.15, 0.2) is 0 Å². The summed E-state index contributed by atoms with van der Waals surface area (Å²) in [5.74, 6) is -5.62. The average molecular weight is 1170 g/mol. The van der Waals surface area contributed by atoms with Crippen LogP contribution in [-0.2, 0) is 114 Å². The maximum atomic E-state index is 14.7. The molecule has 29 heteroatoms. The Kier molecular flexibility index (Phi) is 50.9. The second-order valence-corrected chi connectivity index (χ2v) is 17.4. The van der Waals surface area contributed by atoms with E-state index in [-0.39, 0.29) is 124 Å². The standard InChI is InChI=1S/C52H95N5O24/c1-65-18-22-73-34-38-77-30-26-69-14-10-53-46(58)43-55(12-16-71-28-32-79-40-36-75-24-20-67-3)50(62)42-45(6-5-7-51(63)81-57-48(60)8-9-49(57)61)52(64)56(13-17-72-29-33-80-41-37-76-25-21-68-4)44-47(59)54-11-15-70-27-31-78-39-35-74-23-19-66-2/h45H,5-44H2,1-4H3,(H,53,58)(H,54,59). The van der Waals surface area contributed by atoms with Crippen molar-refractivity contribution in [3.63, 3.8) is 0 Å². The van der Waals surface area contributed by atoms with Crippen molar-refractivity contribution in [2.75, 3.05) is 253 Å². The molecule has 29 nitrogen and oxygen atoms in total. The van der Waals surface area contributed by atoms with Gasteiger partial charge < -0.3 is 101 Å². The first-order valence-corrected chi connectivity index (χ1v) is 27.6. The first-order valence-electron chi connectivity index (χ1n) is 27.6. The third kappa shape index (κ3) is 44.1. The van der Waals surface area contributed by atoms with Gasteiger partial charge >= 0.3 is 5.97 Å². The molecule has 1 saturated heterocycles. The molecule has 1 fully saturated rings. The van der Waals surface area contributed by atoms with E-state index in [0.717, 1.165) is 0 Å². The number of amides is 6. The lowest BCUT2D eigenvalue weighted by molar-refractivity contribution is -0.197. The van der Waals surface area contributed by atoms with Crippen LogP contribution >= 0.6 is 0 Å². The van der Waals surface area contributed by atoms with E-state index >= 15 is 0 Å². The van der Waals surface area contributed by atoms with Gasteiger partial charge in [-0.25, -0.2) is 4.79 Å². The van der Waals surface area contributed by atoms with Gasteiger partial charge in [-0.2, -0.15) is 0 Å². The predicted molar refractivity (Wildman–Crippen MR) is 286 cm³/mol. The molecule has 1 aliphatic rings. The Morgan fingerprint density at radius 2 is 0.741 bits per heavy atom. The van der Waals surface area contributed by atoms with Crippen LogP contribution in [0.5, 0.6) is 0 Å². The summed E-state index contributed by atoms with van der Waals surface area (Å²) in [6.07, 6.45) is -1.09. The molecule has 0 aromatic carbocycles. The average Bonchev–Trinajstić information content (AvgIpc) is 3.79. The molecule has 2 N–H and O–H groups in total. The van der Waals surface area contributed by atoms with Crippen LogP contribution in [0.1, 0.15) is 38.5 Å². The Morgan fingerprint density at radius 1 is 0.432 bits per heavy atom. The highest BCUT2D eigenvalue weighted by molar-refractivity contribution is 6.01. The van der Waals surface area contributed by atoms with Gasteiger partial charge in [0, 0.05) is 86.2 Å². The molecule has 0 saturated carbocycles. The van der Waals surface area contributed by atoms with Crippen LogP contribution < -0.4 is 10.6 Å². The Bertz CT molecular complexity index is 1590. The molecule has 1 rings (SSSR count). The Balaban J connectivity index is 3.19. The lowest BCUT2D eigenvalue weighted by atomic mass is 9.95. The normalized spacial score (nSPS) is 12.8. The van der Waals surface area contributed by atoms with E-state index in [1.54, 1.807) is 28.4 Å². The summed E-state index contributed by atoms with van der Waals surface area (Å²) in [7, 11) is 6.33. The molecule has 0 aliphatic carbocycles. The number of nitrogens with one attached hydrogen (secondary N) is 2. The largest absolute Gasteiger partial charge is 0.382 e. The molecule has 6 amide bonds. The zero-order chi connectivity index (χ0) is 59.1. The quantitative estimate of drug-likeness (QED) is 0.0514. The lowest BCUT2D eigenvalue weighted by Crippen LogP contribution is -2.47. The molecule has 0 spiro atoms. The molecule has 1 aliphatic heterocycles. The minimum absolute atomic E-state index is 0.000842. The number of carbonyl (C=O) groups is 7. The molecular weight excluding hydrogens is 1080 g/mol. The fourth-order valence-electron chi connectivity index (χ4n) is 6.84. The highest BCUT2D eigenvalue weighted by atomic mass is 16.7. The van der Waals surface area contributed by atoms with E-state index in [1.165, 1.54) is 9.80 Å². The molecule has 0 aromatic heterocycles. The molecule has 81 heavy (non-hydrogen) atoms. The summed E-state index contributed by atoms with van der Waals surface area (Å²) >= 11 is 0. The first-order chi connectivity index (χ1) is 39.6. The maximum Gasteiger partial charge on any atom is 0.333 e. The summed E-state index contributed by atoms with van der Waals surface area (Å²) in [4.78, 5) is 101. The monoisotopic (exact) mass is 1170 g/mol. The summed E-state index contributed by atoms with van der Waals surface area (Å²) in [5.41, 5.74) is 0. The fourth-order valence-corrected chi connectivity index (χ4v) is 6.84. The number of carbonyl (C=O) groups excluding carboxylic acids is 7. The van der Waals surface area contributed by atoms with Crippen molar-refractivity contribution >= 4 is 41.4 Å². The molecule has 0 aromatic rings. The van der Waals surface area contributed by atoms with Gasteiger partial charge in [-0.3, -0.25) is 28.8 Å². The first kappa shape index (κ1) is 74.9. The van der Waals surface area contributed by atoms with E-state index in [2.05, 4.69) is 10.6 Å². The second-order valence-electron chi connectivity index (χ2n) is 17.4. The van der Waals surface area contributed by atoms with Crippen molar-refractivity contribution in [2.24, 2.45) is 5.92 Å². The number of ether oxygens (including phenoxy) is 16. The number of hydroxylamine groups is 2. The van der Waals surface area contributed by atoms with Gasteiger partial charge in [0.15, 0.2) is 0 Å². The Labute approximate surface area is 477 Å². The van der Waals surface area contributed by atoms with Crippen molar-refractivity contribution in [3.8, 4) is 0 Å². The third-order valence-electron chi connectivity index (χ3n) is 11.1. The second kappa shape index (κ2) is 55.1. The van der Waals surface area contributed by atoms with Gasteiger partial charge in [-0.15, -0.1) is 5.06 Å². The van der Waals surface area contributed by atoms with E-state index in [9.17, 15) is 33.6 Å². The minimum atomic E-state index is -1.15. The SMILES string of the molecule is COCCOCCOCCOCCNC(=O)CN(CCOCCOCCOCCOC)C(=O)CC(CCCC(=O)ON1C(=O)CCC1=O)C(=O)N(CCOCCOCCOCCOC)CC(=O)NCCOCCOCCOCCOC. The van der Waals surface area contributed by atoms with Gasteiger partial charge in [0.2, 0.25) is 23.6 Å². The number of methoxy groups -OCH3 is 4. The summed E-state index contributed by atoms with van der Waals surface area (Å²) < 4.78 is 86.2. The smallest absolute Gasteiger partial charge is 0.333 e. The molecule has 1 atom stereocenters. The van der Waals surface area contributed by atoms with E-state index in [1.807, 2.05) is 0 Å². The number of rotatable bonds is 60. The maximum absolute atomic E-state index is 14.7. The summed E-state index contributed by atoms with van der Waals surface area (Å²) in [6, 6.07) is 0. The Morgan fingerprint density at radius 3 is 1.10 bits per heavy atom. The zero-order valence-corrected chi connectivity index (χ0v) is 48.5. The molecule has 1 unspecified atom stereocenters. The topological polar surface area (TPSA) is 310 Å². The third-order valence-corrected chi connectivity index (χ3v) is 11.1. The highest BCUT2D eigenvalue weighted by Crippen LogP contribution is 2.20. The number of imide groups is 1. The zero-order valence-electron chi connectivity index (χ0n) is 48.5. The van der Waals surface area contributed by atoms with Crippen molar-refractivity contribution in [1.82, 2.24) is 25.5 Å². The van der Waals surface area contributed by atoms with Crippen LogP contribution in [0.3, 0.4) is 0 Å². The van der Waals surface area contributed by atoms with Crippen LogP contribution in [-0.4, -0.2) is 309 Å². The van der Waals surface area contributed by atoms with Crippen LogP contribution in [0.2, 0.25) is 0 Å². The molecule has 1 heterocycles. The van der Waals surface area contributed by atoms with Crippen molar-refractivity contribution in [2.45, 2.75) is 38.5 Å². The van der Waals surface area contributed by atoms with Crippen LogP contribution in [0, 0.1) is 5.92 Å². The highest BCUT2D eigenvalue weighted by Gasteiger charge is 2.34. The van der Waals surface area contributed by atoms with Gasteiger partial charge in [-0.05, 0) is 12.8 Å². The van der Waals surface area contributed by atoms with Crippen LogP contribution in [0.25, 0.3) is 0 Å². The molecule has 0 bridgehead atoms. The summed E-state index contributed by atoms with van der Waals surface area (Å²) in [6.45, 7) is 8.01. The number of hydrogen-bond donors (Lipinski definition) is 2. The van der Waals surface area contributed by atoms with Gasteiger partial charge in [-0.1, -0.05) is 0 Å². The minimum Gasteiger partial charge on any atom is -0.382 e. The van der Waals surface area contributed by atoms with Gasteiger partial charge in [0.25, 0.3) is 11.8 Å². The van der Waals surface area contributed by atoms with E-state index < -0.39 is 66.8 Å². The van der Waals surface area contributed by atoms with Crippen molar-refractivity contribution in [1.29, 1.82) is 0 Å². The number of hydrogen-bond acceptors (Lipinski definition) is 24. The van der Waals surface area contributed by atoms with E-state index in [0.29, 0.717) is 124 Å². The number of nitrogens with zero attached hydrogens (tertiary/aromatic N) is 3. The van der Waals surface area contributed by atoms with Gasteiger partial charge in [0.05, 0.1) is 198 Å². The van der Waals surface area contributed by atoms with Crippen molar-refractivity contribution in [3.05, 3.63) is 0 Å². The molecule has 472 valence electrons. The summed E-state index contributed by atoms with van der Waals surface area (Å²) in [5, 5.41) is 5.93. The van der Waals surface area contributed by atoms with Crippen molar-refractivity contribution < 1.29 is 114 Å². The van der Waals surface area contributed by atoms with Gasteiger partial charge in [0.1, 0.15) is 0 Å². The lowest BCUT2D eigenvalue weighted by Gasteiger charge is -2.29. The Hall–Kier alpha value is -4.15. The molecule has 0 radical (unpaired) electrons. The predicted octanol–water partition coefficient (Wildman–Crippen LogP) is -1.56. The fraction of sp³-hybridized carbons (Fsp3) is 0.865. The van der Waals surface area contributed by atoms with E-state index in [4.69, 9.17) is 80.6 Å². The van der Waals surface area contributed by atoms with Crippen LogP contribution in [0.4, 0.5) is 0 Å². The molecular formula is C52H95N5O24.